The highest BCUT2D eigenvalue weighted by Gasteiger charge is 2.20. The van der Waals surface area contributed by atoms with Gasteiger partial charge in [0.05, 0.1) is 6.10 Å². The second-order valence-corrected chi connectivity index (χ2v) is 6.06. The summed E-state index contributed by atoms with van der Waals surface area (Å²) in [5, 5.41) is 9.88. The maximum atomic E-state index is 9.88. The normalized spacial score (nSPS) is 19.1. The minimum Gasteiger partial charge on any atom is -0.393 e. The van der Waals surface area contributed by atoms with Crippen LogP contribution in [0.15, 0.2) is 0 Å². The summed E-state index contributed by atoms with van der Waals surface area (Å²) in [5.41, 5.74) is 0.384. The second kappa shape index (κ2) is 5.75. The summed E-state index contributed by atoms with van der Waals surface area (Å²) in [6.07, 6.45) is 3.10. The Morgan fingerprint density at radius 1 is 1.14 bits per heavy atom. The maximum absolute atomic E-state index is 9.88. The molecule has 0 spiro atoms. The van der Waals surface area contributed by atoms with Gasteiger partial charge >= 0.3 is 0 Å². The van der Waals surface area contributed by atoms with Gasteiger partial charge in [-0.3, -0.25) is 0 Å². The third kappa shape index (κ3) is 6.42. The van der Waals surface area contributed by atoms with Crippen LogP contribution in [0.3, 0.4) is 0 Å². The van der Waals surface area contributed by atoms with Gasteiger partial charge in [0.1, 0.15) is 0 Å². The van der Waals surface area contributed by atoms with E-state index < -0.39 is 0 Å². The summed E-state index contributed by atoms with van der Waals surface area (Å²) in [4.78, 5) is 0. The van der Waals surface area contributed by atoms with E-state index >= 15 is 0 Å². The van der Waals surface area contributed by atoms with Gasteiger partial charge in [0.25, 0.3) is 0 Å². The molecular weight excluding hydrogens is 172 g/mol. The van der Waals surface area contributed by atoms with E-state index in [0.717, 1.165) is 12.8 Å². The molecule has 0 rings (SSSR count). The van der Waals surface area contributed by atoms with Crippen molar-refractivity contribution < 1.29 is 5.11 Å². The largest absolute Gasteiger partial charge is 0.393 e. The van der Waals surface area contributed by atoms with Gasteiger partial charge in [-0.05, 0) is 30.1 Å². The van der Waals surface area contributed by atoms with Crippen molar-refractivity contribution in [2.45, 2.75) is 66.9 Å². The van der Waals surface area contributed by atoms with E-state index in [1.54, 1.807) is 0 Å². The fraction of sp³-hybridized carbons (Fsp3) is 1.00. The lowest BCUT2D eigenvalue weighted by Gasteiger charge is -2.26. The number of rotatable bonds is 5. The molecule has 0 aromatic heterocycles. The lowest BCUT2D eigenvalue weighted by atomic mass is 9.81. The zero-order valence-corrected chi connectivity index (χ0v) is 10.8. The van der Waals surface area contributed by atoms with E-state index in [1.165, 1.54) is 6.42 Å². The molecule has 0 fully saturated rings. The first kappa shape index (κ1) is 14.0. The van der Waals surface area contributed by atoms with Crippen LogP contribution in [0.25, 0.3) is 0 Å². The molecule has 0 radical (unpaired) electrons. The Morgan fingerprint density at radius 3 is 2.00 bits per heavy atom. The van der Waals surface area contributed by atoms with Crippen LogP contribution in [0.1, 0.15) is 60.8 Å². The molecule has 1 heteroatoms. The van der Waals surface area contributed by atoms with Crippen LogP contribution in [-0.4, -0.2) is 11.2 Å². The zero-order chi connectivity index (χ0) is 11.4. The molecule has 0 saturated heterocycles. The average Bonchev–Trinajstić information content (AvgIpc) is 1.99. The number of aliphatic hydroxyl groups is 1. The Morgan fingerprint density at radius 2 is 1.64 bits per heavy atom. The zero-order valence-electron chi connectivity index (χ0n) is 10.8. The van der Waals surface area contributed by atoms with Gasteiger partial charge in [0.15, 0.2) is 0 Å². The first-order valence-electron chi connectivity index (χ1n) is 5.94. The molecule has 0 aromatic rings. The molecule has 0 aliphatic heterocycles. The predicted octanol–water partition coefficient (Wildman–Crippen LogP) is 3.86. The third-order valence-corrected chi connectivity index (χ3v) is 2.91. The molecule has 14 heavy (non-hydrogen) atoms. The standard InChI is InChI=1S/C13H28O/c1-7-11(3)12(14)8-10(2)9-13(4,5)6/h10-12,14H,7-9H2,1-6H3. The molecule has 1 N–H and O–H groups in total. The van der Waals surface area contributed by atoms with Crippen molar-refractivity contribution >= 4 is 0 Å². The summed E-state index contributed by atoms with van der Waals surface area (Å²) in [6, 6.07) is 0. The first-order valence-corrected chi connectivity index (χ1v) is 5.94. The predicted molar refractivity (Wildman–Crippen MR) is 63.3 cm³/mol. The van der Waals surface area contributed by atoms with Gasteiger partial charge in [0.2, 0.25) is 0 Å². The molecule has 0 saturated carbocycles. The van der Waals surface area contributed by atoms with Crippen LogP contribution < -0.4 is 0 Å². The molecule has 0 heterocycles. The van der Waals surface area contributed by atoms with E-state index in [2.05, 4.69) is 41.5 Å². The van der Waals surface area contributed by atoms with Crippen molar-refractivity contribution in [3.05, 3.63) is 0 Å². The van der Waals surface area contributed by atoms with Crippen molar-refractivity contribution in [3.8, 4) is 0 Å². The molecule has 0 aliphatic rings. The summed E-state index contributed by atoms with van der Waals surface area (Å²) >= 11 is 0. The topological polar surface area (TPSA) is 20.2 Å². The molecule has 1 nitrogen and oxygen atoms in total. The Bertz CT molecular complexity index is 146. The molecule has 86 valence electrons. The van der Waals surface area contributed by atoms with Crippen LogP contribution in [0, 0.1) is 17.3 Å². The van der Waals surface area contributed by atoms with Crippen LogP contribution in [0.2, 0.25) is 0 Å². The van der Waals surface area contributed by atoms with Gasteiger partial charge in [-0.2, -0.15) is 0 Å². The highest BCUT2D eigenvalue weighted by Crippen LogP contribution is 2.28. The SMILES string of the molecule is CCC(C)C(O)CC(C)CC(C)(C)C. The lowest BCUT2D eigenvalue weighted by molar-refractivity contribution is 0.0824. The number of hydrogen-bond donors (Lipinski definition) is 1. The van der Waals surface area contributed by atoms with Gasteiger partial charge in [-0.1, -0.05) is 48.0 Å². The minimum atomic E-state index is -0.114. The monoisotopic (exact) mass is 200 g/mol. The maximum Gasteiger partial charge on any atom is 0.0568 e. The fourth-order valence-corrected chi connectivity index (χ4v) is 2.05. The smallest absolute Gasteiger partial charge is 0.0568 e. The Labute approximate surface area is 89.9 Å². The van der Waals surface area contributed by atoms with Crippen LogP contribution >= 0.6 is 0 Å². The van der Waals surface area contributed by atoms with Crippen molar-refractivity contribution in [2.24, 2.45) is 17.3 Å². The van der Waals surface area contributed by atoms with Crippen molar-refractivity contribution in [3.63, 3.8) is 0 Å². The summed E-state index contributed by atoms with van der Waals surface area (Å²) in [7, 11) is 0. The van der Waals surface area contributed by atoms with E-state index in [-0.39, 0.29) is 6.10 Å². The quantitative estimate of drug-likeness (QED) is 0.714. The molecule has 3 atom stereocenters. The van der Waals surface area contributed by atoms with Crippen LogP contribution in [0.5, 0.6) is 0 Å². The van der Waals surface area contributed by atoms with Crippen LogP contribution in [0.4, 0.5) is 0 Å². The second-order valence-electron chi connectivity index (χ2n) is 6.06. The fourth-order valence-electron chi connectivity index (χ4n) is 2.05. The van der Waals surface area contributed by atoms with E-state index in [1.807, 2.05) is 0 Å². The highest BCUT2D eigenvalue weighted by atomic mass is 16.3. The minimum absolute atomic E-state index is 0.114. The van der Waals surface area contributed by atoms with Crippen molar-refractivity contribution in [1.29, 1.82) is 0 Å². The number of hydrogen-bond acceptors (Lipinski definition) is 1. The van der Waals surface area contributed by atoms with E-state index in [4.69, 9.17) is 0 Å². The van der Waals surface area contributed by atoms with Gasteiger partial charge < -0.3 is 5.11 Å². The number of aliphatic hydroxyl groups excluding tert-OH is 1. The molecule has 0 amide bonds. The average molecular weight is 200 g/mol. The van der Waals surface area contributed by atoms with Gasteiger partial charge in [-0.15, -0.1) is 0 Å². The summed E-state index contributed by atoms with van der Waals surface area (Å²) in [6.45, 7) is 13.3. The molecule has 3 unspecified atom stereocenters. The van der Waals surface area contributed by atoms with Crippen molar-refractivity contribution in [2.75, 3.05) is 0 Å². The Hall–Kier alpha value is -0.0400. The molecular formula is C13H28O. The first-order chi connectivity index (χ1) is 6.26. The third-order valence-electron chi connectivity index (χ3n) is 2.91. The Kier molecular flexibility index (Phi) is 5.73. The van der Waals surface area contributed by atoms with E-state index in [9.17, 15) is 5.11 Å². The van der Waals surface area contributed by atoms with Crippen LogP contribution in [-0.2, 0) is 0 Å². The van der Waals surface area contributed by atoms with Crippen molar-refractivity contribution in [1.82, 2.24) is 0 Å². The Balaban J connectivity index is 3.88. The highest BCUT2D eigenvalue weighted by molar-refractivity contribution is 4.71. The summed E-state index contributed by atoms with van der Waals surface area (Å²) in [5.74, 6) is 1.07. The summed E-state index contributed by atoms with van der Waals surface area (Å²) < 4.78 is 0. The van der Waals surface area contributed by atoms with Gasteiger partial charge in [0, 0.05) is 0 Å². The molecule has 0 bridgehead atoms. The lowest BCUT2D eigenvalue weighted by Crippen LogP contribution is -2.22. The molecule has 0 aromatic carbocycles. The van der Waals surface area contributed by atoms with Gasteiger partial charge in [-0.25, -0.2) is 0 Å². The van der Waals surface area contributed by atoms with E-state index in [0.29, 0.717) is 17.3 Å². The molecule has 0 aliphatic carbocycles.